The summed E-state index contributed by atoms with van der Waals surface area (Å²) in [6, 6.07) is 3.82. The third-order valence-corrected chi connectivity index (χ3v) is 8.38. The van der Waals surface area contributed by atoms with Gasteiger partial charge in [-0.05, 0) is 80.7 Å². The van der Waals surface area contributed by atoms with E-state index in [2.05, 4.69) is 21.3 Å². The maximum absolute atomic E-state index is 13.6. The second kappa shape index (κ2) is 7.11. The minimum Gasteiger partial charge on any atom is -0.386 e. The number of pyridine rings is 1. The predicted molar refractivity (Wildman–Crippen MR) is 120 cm³/mol. The van der Waals surface area contributed by atoms with Gasteiger partial charge in [-0.2, -0.15) is 0 Å². The third-order valence-electron chi connectivity index (χ3n) is 6.56. The molecule has 1 aliphatic heterocycles. The van der Waals surface area contributed by atoms with E-state index in [1.807, 2.05) is 0 Å². The fourth-order valence-corrected chi connectivity index (χ4v) is 6.47. The van der Waals surface area contributed by atoms with Crippen molar-refractivity contribution in [1.82, 2.24) is 9.71 Å². The molecule has 2 atom stereocenters. The highest BCUT2D eigenvalue weighted by Gasteiger charge is 2.34. The van der Waals surface area contributed by atoms with Gasteiger partial charge in [0.2, 0.25) is 0 Å². The van der Waals surface area contributed by atoms with Crippen molar-refractivity contribution in [2.24, 2.45) is 4.36 Å². The topological polar surface area (TPSA) is 121 Å². The number of carbonyl (C=O) groups excluding carboxylic acids is 2. The molecule has 9 heteroatoms. The lowest BCUT2D eigenvalue weighted by Gasteiger charge is -2.18. The number of amides is 3. The molecule has 3 N–H and O–H groups in total. The molecular weight excluding hydrogens is 428 g/mol. The van der Waals surface area contributed by atoms with Crippen molar-refractivity contribution in [3.63, 3.8) is 0 Å². The summed E-state index contributed by atoms with van der Waals surface area (Å²) in [5.41, 5.74) is 4.35. The zero-order valence-corrected chi connectivity index (χ0v) is 19.1. The lowest BCUT2D eigenvalue weighted by atomic mass is 9.97. The number of hydrogen-bond donors (Lipinski definition) is 3. The van der Waals surface area contributed by atoms with Crippen molar-refractivity contribution in [3.05, 3.63) is 51.8 Å². The molecule has 8 nitrogen and oxygen atoms in total. The molecule has 1 aromatic heterocycles. The van der Waals surface area contributed by atoms with Crippen LogP contribution < -0.4 is 10.0 Å². The predicted octanol–water partition coefficient (Wildman–Crippen LogP) is 3.56. The average Bonchev–Trinajstić information content (AvgIpc) is 3.39. The lowest BCUT2D eigenvalue weighted by Crippen LogP contribution is -2.24. The van der Waals surface area contributed by atoms with Crippen LogP contribution in [0.1, 0.15) is 78.0 Å². The summed E-state index contributed by atoms with van der Waals surface area (Å²) in [5, 5.41) is 13.2. The van der Waals surface area contributed by atoms with Crippen LogP contribution in [0.4, 0.5) is 10.5 Å². The van der Waals surface area contributed by atoms with Crippen LogP contribution in [0.3, 0.4) is 0 Å². The van der Waals surface area contributed by atoms with E-state index in [4.69, 9.17) is 4.98 Å². The van der Waals surface area contributed by atoms with E-state index in [1.54, 1.807) is 19.9 Å². The largest absolute Gasteiger partial charge is 0.386 e. The normalized spacial score (nSPS) is 23.4. The number of aryl methyl sites for hydroxylation is 1. The molecule has 0 saturated heterocycles. The number of benzene rings is 1. The van der Waals surface area contributed by atoms with Crippen LogP contribution in [0.5, 0.6) is 0 Å². The van der Waals surface area contributed by atoms with Crippen LogP contribution >= 0.6 is 0 Å². The number of urea groups is 1. The number of aliphatic hydroxyl groups is 1. The fraction of sp³-hybridized carbons (Fsp3) is 0.435. The third kappa shape index (κ3) is 3.31. The van der Waals surface area contributed by atoms with Gasteiger partial charge in [0.25, 0.3) is 5.91 Å². The molecule has 2 aliphatic carbocycles. The first kappa shape index (κ1) is 21.1. The van der Waals surface area contributed by atoms with E-state index < -0.39 is 27.5 Å². The summed E-state index contributed by atoms with van der Waals surface area (Å²) in [4.78, 5) is 30.3. The number of carbonyl (C=O) groups is 2. The Hall–Kier alpha value is -2.78. The van der Waals surface area contributed by atoms with Crippen molar-refractivity contribution in [2.45, 2.75) is 69.3 Å². The molecular formula is C23H26N4O4S. The molecule has 2 aromatic rings. The van der Waals surface area contributed by atoms with Crippen LogP contribution in [0.25, 0.3) is 0 Å². The van der Waals surface area contributed by atoms with Crippen molar-refractivity contribution in [3.8, 4) is 0 Å². The number of anilines is 1. The Morgan fingerprint density at radius 3 is 2.81 bits per heavy atom. The first-order valence-electron chi connectivity index (χ1n) is 10.9. The second-order valence-corrected chi connectivity index (χ2v) is 11.2. The first-order chi connectivity index (χ1) is 15.1. The average molecular weight is 455 g/mol. The molecule has 5 rings (SSSR count). The Morgan fingerprint density at radius 2 is 2.06 bits per heavy atom. The number of aromatic nitrogens is 1. The summed E-state index contributed by atoms with van der Waals surface area (Å²) in [7, 11) is -3.52. The van der Waals surface area contributed by atoms with Gasteiger partial charge in [0.15, 0.2) is 9.92 Å². The minimum absolute atomic E-state index is 0.121. The Balaban J connectivity index is 1.55. The second-order valence-electron chi connectivity index (χ2n) is 9.32. The maximum atomic E-state index is 13.6. The number of nitrogens with zero attached hydrogens (tertiary/aromatic N) is 2. The van der Waals surface area contributed by atoms with Gasteiger partial charge < -0.3 is 10.4 Å². The van der Waals surface area contributed by atoms with Gasteiger partial charge in [0, 0.05) is 11.4 Å². The Labute approximate surface area is 187 Å². The number of rotatable bonds is 2. The molecule has 3 amide bonds. The van der Waals surface area contributed by atoms with E-state index >= 15 is 0 Å². The van der Waals surface area contributed by atoms with Gasteiger partial charge in [-0.3, -0.25) is 14.5 Å². The van der Waals surface area contributed by atoms with E-state index in [1.165, 1.54) is 12.1 Å². The monoisotopic (exact) mass is 454 g/mol. The van der Waals surface area contributed by atoms with E-state index in [0.29, 0.717) is 11.5 Å². The van der Waals surface area contributed by atoms with Gasteiger partial charge in [-0.1, -0.05) is 13.0 Å². The van der Waals surface area contributed by atoms with Crippen LogP contribution in [0, 0.1) is 0 Å². The van der Waals surface area contributed by atoms with Crippen molar-refractivity contribution in [2.75, 3.05) is 5.32 Å². The van der Waals surface area contributed by atoms with Gasteiger partial charge >= 0.3 is 6.03 Å². The molecule has 1 aromatic carbocycles. The van der Waals surface area contributed by atoms with E-state index in [-0.39, 0.29) is 10.5 Å². The Morgan fingerprint density at radius 1 is 1.28 bits per heavy atom. The molecule has 0 radical (unpaired) electrons. The molecule has 2 unspecified atom stereocenters. The molecule has 2 heterocycles. The Kier molecular flexibility index (Phi) is 4.69. The highest BCUT2D eigenvalue weighted by atomic mass is 32.2. The molecule has 0 bridgehead atoms. The number of fused-ring (bicyclic) bond motifs is 3. The summed E-state index contributed by atoms with van der Waals surface area (Å²) in [6.45, 7) is 5.32. The highest BCUT2D eigenvalue weighted by molar-refractivity contribution is 7.93. The molecule has 0 saturated carbocycles. The van der Waals surface area contributed by atoms with Crippen molar-refractivity contribution in [1.29, 1.82) is 0 Å². The highest BCUT2D eigenvalue weighted by Crippen LogP contribution is 2.41. The van der Waals surface area contributed by atoms with Gasteiger partial charge in [0.05, 0.1) is 21.7 Å². The summed E-state index contributed by atoms with van der Waals surface area (Å²) < 4.78 is 19.9. The summed E-state index contributed by atoms with van der Waals surface area (Å²) >= 11 is 0. The molecule has 32 heavy (non-hydrogen) atoms. The summed E-state index contributed by atoms with van der Waals surface area (Å²) in [6.07, 6.45) is 4.51. The van der Waals surface area contributed by atoms with Crippen LogP contribution in [0.2, 0.25) is 0 Å². The van der Waals surface area contributed by atoms with Gasteiger partial charge in [0.1, 0.15) is 0 Å². The van der Waals surface area contributed by atoms with Crippen LogP contribution in [0.15, 0.2) is 27.5 Å². The lowest BCUT2D eigenvalue weighted by molar-refractivity contribution is 0.0782. The number of hydrogen-bond acceptors (Lipinski definition) is 5. The van der Waals surface area contributed by atoms with Gasteiger partial charge in [-0.15, -0.1) is 4.36 Å². The van der Waals surface area contributed by atoms with E-state index in [0.717, 1.165) is 60.3 Å². The fourth-order valence-electron chi connectivity index (χ4n) is 4.83. The smallest absolute Gasteiger partial charge is 0.355 e. The SMILES string of the molecule is CC1CCc2c1nc1c(c2NC(=O)N=S2(=O)NC(=O)c3ccc(C(C)(C)O)cc32)CCC1. The molecule has 3 aliphatic rings. The minimum atomic E-state index is -3.52. The van der Waals surface area contributed by atoms with Crippen LogP contribution in [-0.2, 0) is 34.8 Å². The van der Waals surface area contributed by atoms with E-state index in [9.17, 15) is 18.9 Å². The maximum Gasteiger partial charge on any atom is 0.355 e. The summed E-state index contributed by atoms with van der Waals surface area (Å²) in [5.74, 6) is -0.218. The molecule has 168 valence electrons. The standard InChI is InChI=1S/C23H26N4O4S/c1-12-7-9-16-19(12)24-17-6-4-5-14(17)20(16)25-22(29)27-32(31)18-11-13(23(2,3)30)8-10-15(18)21(28)26-32/h8,10-12,30H,4-7,9H2,1-3H3,(H2,24,25,26,27,28,29,31). The van der Waals surface area contributed by atoms with Crippen molar-refractivity contribution < 1.29 is 18.9 Å². The van der Waals surface area contributed by atoms with Crippen molar-refractivity contribution >= 4 is 27.5 Å². The first-order valence-corrected chi connectivity index (χ1v) is 12.4. The van der Waals surface area contributed by atoms with Gasteiger partial charge in [-0.25, -0.2) is 9.00 Å². The molecule has 0 spiro atoms. The number of nitrogens with one attached hydrogen (secondary N) is 2. The zero-order valence-electron chi connectivity index (χ0n) is 18.3. The molecule has 0 fully saturated rings. The zero-order chi connectivity index (χ0) is 22.8. The quantitative estimate of drug-likeness (QED) is 0.641. The Bertz CT molecular complexity index is 1300. The van der Waals surface area contributed by atoms with Crippen LogP contribution in [-0.4, -0.2) is 26.2 Å².